The Morgan fingerprint density at radius 3 is 2.26 bits per heavy atom. The molecule has 0 heterocycles. The summed E-state index contributed by atoms with van der Waals surface area (Å²) in [6, 6.07) is 15.7. The summed E-state index contributed by atoms with van der Waals surface area (Å²) in [5, 5.41) is 6.00. The van der Waals surface area contributed by atoms with Gasteiger partial charge in [0.05, 0.1) is 0 Å². The van der Waals surface area contributed by atoms with Crippen molar-refractivity contribution in [3.8, 4) is 5.75 Å². The maximum atomic E-state index is 11.8. The van der Waals surface area contributed by atoms with Crippen molar-refractivity contribution in [2.45, 2.75) is 0 Å². The molecule has 0 fully saturated rings. The van der Waals surface area contributed by atoms with Crippen molar-refractivity contribution in [2.24, 2.45) is 0 Å². The third-order valence-electron chi connectivity index (χ3n) is 2.95. The van der Waals surface area contributed by atoms with E-state index in [9.17, 15) is 9.59 Å². The summed E-state index contributed by atoms with van der Waals surface area (Å²) in [5.74, 6) is 0.146. The highest BCUT2D eigenvalue weighted by atomic mass is 35.5. The molecule has 2 aromatic carbocycles. The lowest BCUT2D eigenvalue weighted by atomic mass is 10.2. The molecule has 2 aromatic rings. The third kappa shape index (κ3) is 6.00. The first-order valence-corrected chi connectivity index (χ1v) is 7.51. The van der Waals surface area contributed by atoms with Crippen LogP contribution in [0.15, 0.2) is 54.6 Å². The Morgan fingerprint density at radius 2 is 1.57 bits per heavy atom. The van der Waals surface area contributed by atoms with E-state index in [2.05, 4.69) is 10.6 Å². The van der Waals surface area contributed by atoms with Crippen LogP contribution < -0.4 is 15.4 Å². The molecule has 0 radical (unpaired) electrons. The van der Waals surface area contributed by atoms with Gasteiger partial charge in [0, 0.05) is 23.7 Å². The molecule has 0 unspecified atom stereocenters. The average molecular weight is 333 g/mol. The summed E-state index contributed by atoms with van der Waals surface area (Å²) in [4.78, 5) is 23.4. The number of nitrogens with one attached hydrogen (secondary N) is 2. The molecule has 0 atom stereocenters. The Bertz CT molecular complexity index is 645. The van der Waals surface area contributed by atoms with Crippen LogP contribution in [0.25, 0.3) is 0 Å². The van der Waals surface area contributed by atoms with E-state index in [4.69, 9.17) is 16.3 Å². The van der Waals surface area contributed by atoms with Gasteiger partial charge in [-0.25, -0.2) is 0 Å². The predicted molar refractivity (Wildman–Crippen MR) is 88.7 cm³/mol. The lowest BCUT2D eigenvalue weighted by Crippen LogP contribution is -2.36. The molecular weight excluding hydrogens is 316 g/mol. The Morgan fingerprint density at radius 1 is 0.913 bits per heavy atom. The van der Waals surface area contributed by atoms with Gasteiger partial charge < -0.3 is 15.4 Å². The molecule has 0 bridgehead atoms. The molecule has 6 heteroatoms. The SMILES string of the molecule is O=C(COc1ccc(Cl)cc1)NCCNC(=O)c1ccccc1. The molecule has 23 heavy (non-hydrogen) atoms. The van der Waals surface area contributed by atoms with Gasteiger partial charge in [0.2, 0.25) is 0 Å². The van der Waals surface area contributed by atoms with Crippen molar-refractivity contribution < 1.29 is 14.3 Å². The van der Waals surface area contributed by atoms with Gasteiger partial charge in [-0.15, -0.1) is 0 Å². The van der Waals surface area contributed by atoms with Crippen LogP contribution in [0.1, 0.15) is 10.4 Å². The summed E-state index contributed by atoms with van der Waals surface area (Å²) in [6.07, 6.45) is 0. The van der Waals surface area contributed by atoms with Crippen LogP contribution >= 0.6 is 11.6 Å². The number of carbonyl (C=O) groups excluding carboxylic acids is 2. The number of carbonyl (C=O) groups is 2. The van der Waals surface area contributed by atoms with Gasteiger partial charge in [-0.05, 0) is 36.4 Å². The minimum Gasteiger partial charge on any atom is -0.484 e. The van der Waals surface area contributed by atoms with E-state index in [0.29, 0.717) is 29.4 Å². The largest absolute Gasteiger partial charge is 0.484 e. The zero-order valence-corrected chi connectivity index (χ0v) is 13.2. The number of rotatable bonds is 7. The smallest absolute Gasteiger partial charge is 0.258 e. The molecule has 2 N–H and O–H groups in total. The van der Waals surface area contributed by atoms with E-state index >= 15 is 0 Å². The topological polar surface area (TPSA) is 67.4 Å². The second-order valence-corrected chi connectivity index (χ2v) is 5.15. The zero-order valence-electron chi connectivity index (χ0n) is 12.4. The quantitative estimate of drug-likeness (QED) is 0.764. The molecule has 0 aliphatic heterocycles. The van der Waals surface area contributed by atoms with Crippen LogP contribution in [0.3, 0.4) is 0 Å². The van der Waals surface area contributed by atoms with E-state index in [0.717, 1.165) is 0 Å². The number of amides is 2. The van der Waals surface area contributed by atoms with Crippen LogP contribution in [0.4, 0.5) is 0 Å². The highest BCUT2D eigenvalue weighted by Crippen LogP contribution is 2.15. The fourth-order valence-electron chi connectivity index (χ4n) is 1.80. The minimum atomic E-state index is -0.256. The lowest BCUT2D eigenvalue weighted by Gasteiger charge is -2.08. The Balaban J connectivity index is 1.61. The summed E-state index contributed by atoms with van der Waals surface area (Å²) >= 11 is 5.76. The molecule has 2 amide bonds. The Hall–Kier alpha value is -2.53. The average Bonchev–Trinajstić information content (AvgIpc) is 2.59. The van der Waals surface area contributed by atoms with E-state index in [1.54, 1.807) is 48.5 Å². The maximum Gasteiger partial charge on any atom is 0.258 e. The molecule has 0 aliphatic rings. The van der Waals surface area contributed by atoms with E-state index in [1.807, 2.05) is 6.07 Å². The molecule has 0 saturated heterocycles. The predicted octanol–water partition coefficient (Wildman–Crippen LogP) is 2.27. The van der Waals surface area contributed by atoms with E-state index in [-0.39, 0.29) is 18.4 Å². The highest BCUT2D eigenvalue weighted by Gasteiger charge is 2.05. The second-order valence-electron chi connectivity index (χ2n) is 4.71. The van der Waals surface area contributed by atoms with Gasteiger partial charge in [-0.2, -0.15) is 0 Å². The monoisotopic (exact) mass is 332 g/mol. The third-order valence-corrected chi connectivity index (χ3v) is 3.20. The van der Waals surface area contributed by atoms with Crippen LogP contribution in [0, 0.1) is 0 Å². The summed E-state index contributed by atoms with van der Waals surface area (Å²) in [6.45, 7) is 0.593. The van der Waals surface area contributed by atoms with Crippen molar-refractivity contribution in [3.63, 3.8) is 0 Å². The van der Waals surface area contributed by atoms with E-state index in [1.165, 1.54) is 0 Å². The molecule has 2 rings (SSSR count). The summed E-state index contributed by atoms with van der Waals surface area (Å²) in [5.41, 5.74) is 0.588. The van der Waals surface area contributed by atoms with Crippen molar-refractivity contribution in [1.82, 2.24) is 10.6 Å². The van der Waals surface area contributed by atoms with Crippen LogP contribution in [0.5, 0.6) is 5.75 Å². The lowest BCUT2D eigenvalue weighted by molar-refractivity contribution is -0.123. The summed E-state index contributed by atoms with van der Waals surface area (Å²) in [7, 11) is 0. The van der Waals surface area contributed by atoms with E-state index < -0.39 is 0 Å². The number of benzene rings is 2. The number of ether oxygens (including phenoxy) is 1. The standard InChI is InChI=1S/C17H17ClN2O3/c18-14-6-8-15(9-7-14)23-12-16(21)19-10-11-20-17(22)13-4-2-1-3-5-13/h1-9H,10-12H2,(H,19,21)(H,20,22). The van der Waals surface area contributed by atoms with Gasteiger partial charge in [0.1, 0.15) is 5.75 Å². The van der Waals surface area contributed by atoms with Crippen LogP contribution in [-0.4, -0.2) is 31.5 Å². The second kappa shape index (κ2) is 8.80. The van der Waals surface area contributed by atoms with Crippen LogP contribution in [0.2, 0.25) is 5.02 Å². The molecule has 0 aromatic heterocycles. The van der Waals surface area contributed by atoms with Gasteiger partial charge in [0.25, 0.3) is 11.8 Å². The zero-order chi connectivity index (χ0) is 16.5. The van der Waals surface area contributed by atoms with Crippen molar-refractivity contribution >= 4 is 23.4 Å². The Kier molecular flexibility index (Phi) is 6.44. The molecular formula is C17H17ClN2O3. The first kappa shape index (κ1) is 16.8. The Labute approximate surface area is 139 Å². The van der Waals surface area contributed by atoms with Gasteiger partial charge >= 0.3 is 0 Å². The van der Waals surface area contributed by atoms with Crippen molar-refractivity contribution in [3.05, 3.63) is 65.2 Å². The van der Waals surface area contributed by atoms with Crippen LogP contribution in [-0.2, 0) is 4.79 Å². The van der Waals surface area contributed by atoms with Crippen molar-refractivity contribution in [2.75, 3.05) is 19.7 Å². The van der Waals surface area contributed by atoms with Gasteiger partial charge in [-0.3, -0.25) is 9.59 Å². The summed E-state index contributed by atoms with van der Waals surface area (Å²) < 4.78 is 5.31. The molecule has 0 aliphatic carbocycles. The minimum absolute atomic E-state index is 0.0890. The molecule has 120 valence electrons. The molecule has 0 spiro atoms. The first-order chi connectivity index (χ1) is 11.1. The fraction of sp³-hybridized carbons (Fsp3) is 0.176. The highest BCUT2D eigenvalue weighted by molar-refractivity contribution is 6.30. The number of halogens is 1. The number of hydrogen-bond donors (Lipinski definition) is 2. The van der Waals surface area contributed by atoms with Crippen molar-refractivity contribution in [1.29, 1.82) is 0 Å². The number of hydrogen-bond acceptors (Lipinski definition) is 3. The molecule has 5 nitrogen and oxygen atoms in total. The molecule has 0 saturated carbocycles. The first-order valence-electron chi connectivity index (χ1n) is 7.13. The maximum absolute atomic E-state index is 11.8. The normalized spacial score (nSPS) is 9.96. The fourth-order valence-corrected chi connectivity index (χ4v) is 1.93. The van der Waals surface area contributed by atoms with Gasteiger partial charge in [-0.1, -0.05) is 29.8 Å². The van der Waals surface area contributed by atoms with Gasteiger partial charge in [0.15, 0.2) is 6.61 Å².